The Morgan fingerprint density at radius 3 is 2.59 bits per heavy atom. The summed E-state index contributed by atoms with van der Waals surface area (Å²) in [5, 5.41) is 8.82. The summed E-state index contributed by atoms with van der Waals surface area (Å²) < 4.78 is 54.4. The van der Waals surface area contributed by atoms with E-state index in [9.17, 15) is 22.4 Å². The van der Waals surface area contributed by atoms with Gasteiger partial charge in [-0.3, -0.25) is 9.78 Å². The minimum absolute atomic E-state index is 0.0503. The summed E-state index contributed by atoms with van der Waals surface area (Å²) in [7, 11) is 0. The number of benzene rings is 1. The second-order valence-corrected chi connectivity index (χ2v) is 4.28. The third kappa shape index (κ3) is 3.94. The molecule has 8 heteroatoms. The predicted octanol–water partition coefficient (Wildman–Crippen LogP) is 3.41. The molecule has 0 unspecified atom stereocenters. The fraction of sp³-hybridized carbons (Fsp3) is 0.143. The average Bonchev–Trinajstić information content (AvgIpc) is 2.37. The van der Waals surface area contributed by atoms with Crippen molar-refractivity contribution in [3.05, 3.63) is 47.9 Å². The molecule has 0 aliphatic rings. The lowest BCUT2D eigenvalue weighted by Gasteiger charge is -2.14. The van der Waals surface area contributed by atoms with Crippen LogP contribution in [0.5, 0.6) is 5.75 Å². The fourth-order valence-corrected chi connectivity index (χ4v) is 1.90. The number of hydrogen-bond donors (Lipinski definition) is 1. The number of aliphatic carboxylic acids is 1. The van der Waals surface area contributed by atoms with E-state index >= 15 is 0 Å². The van der Waals surface area contributed by atoms with Crippen molar-refractivity contribution < 1.29 is 32.2 Å². The molecule has 2 rings (SSSR count). The zero-order valence-corrected chi connectivity index (χ0v) is 10.9. The summed E-state index contributed by atoms with van der Waals surface area (Å²) >= 11 is 0. The molecule has 0 aliphatic heterocycles. The summed E-state index contributed by atoms with van der Waals surface area (Å²) in [5.41, 5.74) is -0.203. The fourth-order valence-electron chi connectivity index (χ4n) is 1.90. The van der Waals surface area contributed by atoms with Crippen molar-refractivity contribution in [1.82, 2.24) is 4.98 Å². The molecule has 0 saturated heterocycles. The highest BCUT2D eigenvalue weighted by Crippen LogP contribution is 2.34. The lowest BCUT2D eigenvalue weighted by atomic mass is 10.0. The van der Waals surface area contributed by atoms with Crippen molar-refractivity contribution in [2.45, 2.75) is 12.8 Å². The Balaban J connectivity index is 2.54. The lowest BCUT2D eigenvalue weighted by molar-refractivity contribution is -0.274. The van der Waals surface area contributed by atoms with E-state index in [-0.39, 0.29) is 16.8 Å². The first kappa shape index (κ1) is 15.7. The smallest absolute Gasteiger partial charge is 0.481 e. The second kappa shape index (κ2) is 6.00. The Morgan fingerprint density at radius 2 is 1.95 bits per heavy atom. The number of carboxylic acid groups (broad SMARTS) is 1. The molecule has 0 fully saturated rings. The number of halogens is 4. The molecule has 1 heterocycles. The predicted molar refractivity (Wildman–Crippen MR) is 67.7 cm³/mol. The number of aromatic nitrogens is 1. The number of ether oxygens (including phenoxy) is 1. The highest BCUT2D eigenvalue weighted by atomic mass is 19.4. The van der Waals surface area contributed by atoms with Gasteiger partial charge in [0.25, 0.3) is 0 Å². The zero-order chi connectivity index (χ0) is 16.3. The maximum atomic E-state index is 13.2. The molecular weight excluding hydrogens is 306 g/mol. The van der Waals surface area contributed by atoms with Gasteiger partial charge in [-0.2, -0.15) is 0 Å². The van der Waals surface area contributed by atoms with Gasteiger partial charge in [-0.1, -0.05) is 12.1 Å². The topological polar surface area (TPSA) is 59.4 Å². The summed E-state index contributed by atoms with van der Waals surface area (Å²) in [5.74, 6) is -2.59. The van der Waals surface area contributed by atoms with Crippen molar-refractivity contribution in [1.29, 1.82) is 0 Å². The van der Waals surface area contributed by atoms with Gasteiger partial charge in [0.1, 0.15) is 11.6 Å². The van der Waals surface area contributed by atoms with Crippen LogP contribution in [0.4, 0.5) is 17.6 Å². The van der Waals surface area contributed by atoms with Gasteiger partial charge in [0.05, 0.1) is 18.3 Å². The maximum absolute atomic E-state index is 13.2. The van der Waals surface area contributed by atoms with Crippen LogP contribution < -0.4 is 4.74 Å². The average molecular weight is 315 g/mol. The van der Waals surface area contributed by atoms with E-state index in [1.54, 1.807) is 0 Å². The molecule has 22 heavy (non-hydrogen) atoms. The molecule has 1 aromatic carbocycles. The minimum Gasteiger partial charge on any atom is -0.481 e. The van der Waals surface area contributed by atoms with Crippen molar-refractivity contribution in [2.24, 2.45) is 0 Å². The first-order valence-electron chi connectivity index (χ1n) is 5.97. The van der Waals surface area contributed by atoms with Gasteiger partial charge < -0.3 is 9.84 Å². The number of para-hydroxylation sites is 1. The van der Waals surface area contributed by atoms with Gasteiger partial charge in [0, 0.05) is 5.56 Å². The molecule has 0 aliphatic carbocycles. The van der Waals surface area contributed by atoms with Gasteiger partial charge in [0.2, 0.25) is 0 Å². The van der Waals surface area contributed by atoms with E-state index in [1.165, 1.54) is 18.2 Å². The molecule has 1 aromatic heterocycles. The van der Waals surface area contributed by atoms with Gasteiger partial charge in [-0.05, 0) is 23.8 Å². The van der Waals surface area contributed by atoms with Crippen LogP contribution in [0.1, 0.15) is 5.56 Å². The molecular formula is C14H9F4NO3. The van der Waals surface area contributed by atoms with Crippen LogP contribution in [-0.2, 0) is 11.2 Å². The van der Waals surface area contributed by atoms with Crippen molar-refractivity contribution in [2.75, 3.05) is 0 Å². The van der Waals surface area contributed by atoms with Crippen LogP contribution >= 0.6 is 0 Å². The maximum Gasteiger partial charge on any atom is 0.573 e. The Kier molecular flexibility index (Phi) is 4.30. The number of pyridine rings is 1. The summed E-state index contributed by atoms with van der Waals surface area (Å²) in [4.78, 5) is 14.5. The standard InChI is InChI=1S/C14H9F4NO3/c15-9-5-8(6-12(20)21)13(19-7-9)10-3-1-2-4-11(10)22-14(16,17)18/h1-5,7H,6H2,(H,20,21). The molecule has 4 nitrogen and oxygen atoms in total. The normalized spacial score (nSPS) is 11.3. The lowest BCUT2D eigenvalue weighted by Crippen LogP contribution is -2.17. The first-order chi connectivity index (χ1) is 10.3. The summed E-state index contributed by atoms with van der Waals surface area (Å²) in [6.07, 6.45) is -4.70. The van der Waals surface area contributed by atoms with Gasteiger partial charge >= 0.3 is 12.3 Å². The van der Waals surface area contributed by atoms with E-state index in [4.69, 9.17) is 5.11 Å². The van der Waals surface area contributed by atoms with E-state index in [0.29, 0.717) is 0 Å². The van der Waals surface area contributed by atoms with E-state index in [2.05, 4.69) is 9.72 Å². The third-order valence-corrected chi connectivity index (χ3v) is 2.64. The molecule has 0 saturated carbocycles. The van der Waals surface area contributed by atoms with Gasteiger partial charge in [0.15, 0.2) is 0 Å². The second-order valence-electron chi connectivity index (χ2n) is 4.28. The molecule has 0 atom stereocenters. The van der Waals surface area contributed by atoms with Crippen LogP contribution in [0, 0.1) is 5.82 Å². The van der Waals surface area contributed by atoms with Crippen molar-refractivity contribution in [3.8, 4) is 17.0 Å². The van der Waals surface area contributed by atoms with Crippen LogP contribution in [0.25, 0.3) is 11.3 Å². The zero-order valence-electron chi connectivity index (χ0n) is 10.9. The van der Waals surface area contributed by atoms with E-state index in [1.807, 2.05) is 0 Å². The molecule has 1 N–H and O–H groups in total. The Labute approximate surface area is 122 Å². The highest BCUT2D eigenvalue weighted by Gasteiger charge is 2.32. The third-order valence-electron chi connectivity index (χ3n) is 2.64. The number of nitrogens with zero attached hydrogens (tertiary/aromatic N) is 1. The molecule has 2 aromatic rings. The number of carbonyl (C=O) groups is 1. The van der Waals surface area contributed by atoms with Crippen molar-refractivity contribution >= 4 is 5.97 Å². The number of carboxylic acids is 1. The van der Waals surface area contributed by atoms with Crippen LogP contribution in [0.15, 0.2) is 36.5 Å². The Morgan fingerprint density at radius 1 is 1.27 bits per heavy atom. The quantitative estimate of drug-likeness (QED) is 0.878. The van der Waals surface area contributed by atoms with Crippen molar-refractivity contribution in [3.63, 3.8) is 0 Å². The summed E-state index contributed by atoms with van der Waals surface area (Å²) in [6, 6.07) is 6.03. The molecule has 0 spiro atoms. The SMILES string of the molecule is O=C(O)Cc1cc(F)cnc1-c1ccccc1OC(F)(F)F. The number of rotatable bonds is 4. The Bertz CT molecular complexity index is 701. The monoisotopic (exact) mass is 315 g/mol. The molecule has 0 bridgehead atoms. The number of hydrogen-bond acceptors (Lipinski definition) is 3. The largest absolute Gasteiger partial charge is 0.573 e. The van der Waals surface area contributed by atoms with E-state index in [0.717, 1.165) is 18.3 Å². The van der Waals surface area contributed by atoms with Gasteiger partial charge in [-0.25, -0.2) is 4.39 Å². The van der Waals surface area contributed by atoms with Gasteiger partial charge in [-0.15, -0.1) is 13.2 Å². The van der Waals surface area contributed by atoms with Crippen LogP contribution in [0.2, 0.25) is 0 Å². The molecule has 0 radical (unpaired) electrons. The molecule has 116 valence electrons. The number of alkyl halides is 3. The van der Waals surface area contributed by atoms with E-state index < -0.39 is 30.3 Å². The highest BCUT2D eigenvalue weighted by molar-refractivity contribution is 5.77. The minimum atomic E-state index is -4.91. The Hall–Kier alpha value is -2.64. The van der Waals surface area contributed by atoms with Crippen LogP contribution in [0.3, 0.4) is 0 Å². The molecule has 0 amide bonds. The van der Waals surface area contributed by atoms with Crippen LogP contribution in [-0.4, -0.2) is 22.4 Å². The summed E-state index contributed by atoms with van der Waals surface area (Å²) in [6.45, 7) is 0. The first-order valence-corrected chi connectivity index (χ1v) is 5.97.